The van der Waals surface area contributed by atoms with E-state index < -0.39 is 0 Å². The maximum Gasteiger partial charge on any atom is 0.257 e. The van der Waals surface area contributed by atoms with Crippen LogP contribution in [0, 0.1) is 6.92 Å². The average Bonchev–Trinajstić information content (AvgIpc) is 3.02. The fraction of sp³-hybridized carbons (Fsp3) is 0.238. The third-order valence-electron chi connectivity index (χ3n) is 4.26. The molecule has 0 bridgehead atoms. The van der Waals surface area contributed by atoms with Crippen LogP contribution in [-0.4, -0.2) is 30.1 Å². The zero-order valence-corrected chi connectivity index (χ0v) is 16.4. The van der Waals surface area contributed by atoms with Crippen molar-refractivity contribution in [2.45, 2.75) is 20.0 Å². The van der Waals surface area contributed by atoms with Crippen molar-refractivity contribution in [2.75, 3.05) is 14.1 Å². The Bertz CT molecular complexity index is 950. The van der Waals surface area contributed by atoms with Crippen molar-refractivity contribution in [3.63, 3.8) is 0 Å². The molecule has 0 aliphatic heterocycles. The van der Waals surface area contributed by atoms with Gasteiger partial charge in [0.25, 0.3) is 5.91 Å². The standard InChI is InChI=1S/C21H22ClN3O2/c1-14-19(20(24-27-14)17-10-6-7-11-18(17)22)21(26)23-12-15-8-4-5-9-16(15)13-25(2)3/h4-11H,12-13H2,1-3H3,(H,23,26). The lowest BCUT2D eigenvalue weighted by molar-refractivity contribution is 0.0950. The molecule has 1 heterocycles. The smallest absolute Gasteiger partial charge is 0.257 e. The van der Waals surface area contributed by atoms with Crippen molar-refractivity contribution in [2.24, 2.45) is 0 Å². The Morgan fingerprint density at radius 1 is 1.11 bits per heavy atom. The van der Waals surface area contributed by atoms with Gasteiger partial charge in [0.2, 0.25) is 0 Å². The van der Waals surface area contributed by atoms with Crippen molar-refractivity contribution in [3.05, 3.63) is 76.0 Å². The van der Waals surface area contributed by atoms with E-state index in [-0.39, 0.29) is 5.91 Å². The highest BCUT2D eigenvalue weighted by Gasteiger charge is 2.23. The number of nitrogens with one attached hydrogen (secondary N) is 1. The molecule has 140 valence electrons. The van der Waals surface area contributed by atoms with Crippen LogP contribution in [0.3, 0.4) is 0 Å². The lowest BCUT2D eigenvalue weighted by Crippen LogP contribution is -2.25. The first-order valence-electron chi connectivity index (χ1n) is 8.68. The molecule has 3 rings (SSSR count). The molecule has 1 aromatic heterocycles. The highest BCUT2D eigenvalue weighted by atomic mass is 35.5. The molecule has 1 amide bonds. The summed E-state index contributed by atoms with van der Waals surface area (Å²) in [7, 11) is 4.04. The predicted octanol–water partition coefficient (Wildman–Crippen LogP) is 4.30. The molecule has 2 aromatic carbocycles. The number of halogens is 1. The summed E-state index contributed by atoms with van der Waals surface area (Å²) < 4.78 is 5.28. The highest BCUT2D eigenvalue weighted by Crippen LogP contribution is 2.31. The van der Waals surface area contributed by atoms with Crippen LogP contribution >= 0.6 is 11.6 Å². The quantitative estimate of drug-likeness (QED) is 0.689. The summed E-state index contributed by atoms with van der Waals surface area (Å²) >= 11 is 6.27. The summed E-state index contributed by atoms with van der Waals surface area (Å²) in [6.45, 7) is 2.96. The van der Waals surface area contributed by atoms with Crippen LogP contribution in [0.5, 0.6) is 0 Å². The van der Waals surface area contributed by atoms with Gasteiger partial charge in [0.05, 0.1) is 5.02 Å². The summed E-state index contributed by atoms with van der Waals surface area (Å²) in [6, 6.07) is 15.3. The Balaban J connectivity index is 1.83. The van der Waals surface area contributed by atoms with Crippen LogP contribution in [0.2, 0.25) is 5.02 Å². The van der Waals surface area contributed by atoms with Gasteiger partial charge in [0, 0.05) is 18.7 Å². The minimum atomic E-state index is -0.233. The molecule has 27 heavy (non-hydrogen) atoms. The van der Waals surface area contributed by atoms with Crippen LogP contribution < -0.4 is 5.32 Å². The summed E-state index contributed by atoms with van der Waals surface area (Å²) in [5, 5.41) is 7.56. The summed E-state index contributed by atoms with van der Waals surface area (Å²) in [4.78, 5) is 15.0. The first-order valence-corrected chi connectivity index (χ1v) is 9.06. The van der Waals surface area contributed by atoms with Crippen LogP contribution in [0.25, 0.3) is 11.3 Å². The summed E-state index contributed by atoms with van der Waals surface area (Å²) in [6.07, 6.45) is 0. The molecule has 5 nitrogen and oxygen atoms in total. The molecular formula is C21H22ClN3O2. The SMILES string of the molecule is Cc1onc(-c2ccccc2Cl)c1C(=O)NCc1ccccc1CN(C)C. The number of amides is 1. The number of carbonyl (C=O) groups is 1. The van der Waals surface area contributed by atoms with E-state index in [0.29, 0.717) is 34.1 Å². The fourth-order valence-corrected chi connectivity index (χ4v) is 3.19. The van der Waals surface area contributed by atoms with E-state index in [1.807, 2.05) is 50.5 Å². The fourth-order valence-electron chi connectivity index (χ4n) is 2.97. The molecule has 6 heteroatoms. The number of benzene rings is 2. The third kappa shape index (κ3) is 4.38. The van der Waals surface area contributed by atoms with E-state index in [2.05, 4.69) is 21.4 Å². The minimum Gasteiger partial charge on any atom is -0.360 e. The molecular weight excluding hydrogens is 362 g/mol. The molecule has 3 aromatic rings. The van der Waals surface area contributed by atoms with E-state index in [1.54, 1.807) is 13.0 Å². The largest absolute Gasteiger partial charge is 0.360 e. The predicted molar refractivity (Wildman–Crippen MR) is 107 cm³/mol. The molecule has 0 aliphatic carbocycles. The van der Waals surface area contributed by atoms with Gasteiger partial charge in [-0.05, 0) is 38.2 Å². The number of aryl methyl sites for hydroxylation is 1. The number of carbonyl (C=O) groups excluding carboxylic acids is 1. The van der Waals surface area contributed by atoms with Crippen LogP contribution in [0.1, 0.15) is 27.2 Å². The van der Waals surface area contributed by atoms with Crippen molar-refractivity contribution in [1.29, 1.82) is 0 Å². The Labute approximate surface area is 163 Å². The molecule has 0 saturated heterocycles. The van der Waals surface area contributed by atoms with Crippen LogP contribution in [0.15, 0.2) is 53.1 Å². The Hall–Kier alpha value is -2.63. The van der Waals surface area contributed by atoms with Gasteiger partial charge in [-0.2, -0.15) is 0 Å². The Morgan fingerprint density at radius 3 is 2.48 bits per heavy atom. The van der Waals surface area contributed by atoms with Gasteiger partial charge in [-0.15, -0.1) is 0 Å². The molecule has 0 radical (unpaired) electrons. The van der Waals surface area contributed by atoms with Crippen molar-refractivity contribution >= 4 is 17.5 Å². The summed E-state index contributed by atoms with van der Waals surface area (Å²) in [5.74, 6) is 0.229. The zero-order chi connectivity index (χ0) is 19.4. The lowest BCUT2D eigenvalue weighted by Gasteiger charge is -2.14. The number of hydrogen-bond acceptors (Lipinski definition) is 4. The zero-order valence-electron chi connectivity index (χ0n) is 15.6. The maximum absolute atomic E-state index is 12.9. The van der Waals surface area contributed by atoms with Crippen molar-refractivity contribution < 1.29 is 9.32 Å². The van der Waals surface area contributed by atoms with E-state index >= 15 is 0 Å². The first-order chi connectivity index (χ1) is 13.0. The minimum absolute atomic E-state index is 0.233. The van der Waals surface area contributed by atoms with Gasteiger partial charge < -0.3 is 14.7 Å². The Kier molecular flexibility index (Phi) is 5.94. The van der Waals surface area contributed by atoms with E-state index in [4.69, 9.17) is 16.1 Å². The molecule has 0 spiro atoms. The number of hydrogen-bond donors (Lipinski definition) is 1. The second-order valence-electron chi connectivity index (χ2n) is 6.63. The number of rotatable bonds is 6. The van der Waals surface area contributed by atoms with Crippen molar-refractivity contribution in [1.82, 2.24) is 15.4 Å². The third-order valence-corrected chi connectivity index (χ3v) is 4.59. The highest BCUT2D eigenvalue weighted by molar-refractivity contribution is 6.33. The summed E-state index contributed by atoms with van der Waals surface area (Å²) in [5.41, 5.74) is 3.80. The molecule has 1 N–H and O–H groups in total. The molecule has 0 saturated carbocycles. The van der Waals surface area contributed by atoms with Crippen molar-refractivity contribution in [3.8, 4) is 11.3 Å². The van der Waals surface area contributed by atoms with Gasteiger partial charge in [-0.25, -0.2) is 0 Å². The second-order valence-corrected chi connectivity index (χ2v) is 7.04. The van der Waals surface area contributed by atoms with Gasteiger partial charge in [0.1, 0.15) is 17.0 Å². The normalized spacial score (nSPS) is 11.0. The van der Waals surface area contributed by atoms with Gasteiger partial charge in [0.15, 0.2) is 0 Å². The topological polar surface area (TPSA) is 58.4 Å². The van der Waals surface area contributed by atoms with Gasteiger partial charge in [-0.3, -0.25) is 4.79 Å². The van der Waals surface area contributed by atoms with E-state index in [0.717, 1.165) is 12.1 Å². The molecule has 0 aliphatic rings. The molecule has 0 unspecified atom stereocenters. The number of nitrogens with zero attached hydrogens (tertiary/aromatic N) is 2. The molecule has 0 atom stereocenters. The number of aromatic nitrogens is 1. The Morgan fingerprint density at radius 2 is 1.78 bits per heavy atom. The van der Waals surface area contributed by atoms with E-state index in [9.17, 15) is 4.79 Å². The average molecular weight is 384 g/mol. The maximum atomic E-state index is 12.9. The van der Waals surface area contributed by atoms with Gasteiger partial charge in [-0.1, -0.05) is 59.2 Å². The lowest BCUT2D eigenvalue weighted by atomic mass is 10.0. The second kappa shape index (κ2) is 8.37. The van der Waals surface area contributed by atoms with Gasteiger partial charge >= 0.3 is 0 Å². The first kappa shape index (κ1) is 19.1. The monoisotopic (exact) mass is 383 g/mol. The van der Waals surface area contributed by atoms with Crippen LogP contribution in [-0.2, 0) is 13.1 Å². The molecule has 0 fully saturated rings. The van der Waals surface area contributed by atoms with E-state index in [1.165, 1.54) is 5.56 Å². The van der Waals surface area contributed by atoms with Crippen LogP contribution in [0.4, 0.5) is 0 Å².